The van der Waals surface area contributed by atoms with E-state index in [4.69, 9.17) is 5.73 Å². The molecule has 2 aliphatic rings. The van der Waals surface area contributed by atoms with Crippen molar-refractivity contribution >= 4 is 5.97 Å². The number of nitrogens with zero attached hydrogens (tertiary/aromatic N) is 1. The zero-order valence-corrected chi connectivity index (χ0v) is 16.2. The van der Waals surface area contributed by atoms with Gasteiger partial charge in [-0.15, -0.1) is 0 Å². The minimum absolute atomic E-state index is 0.196. The van der Waals surface area contributed by atoms with E-state index in [9.17, 15) is 19.4 Å². The van der Waals surface area contributed by atoms with Gasteiger partial charge < -0.3 is 15.9 Å². The third kappa shape index (κ3) is 4.85. The second-order valence-electron chi connectivity index (χ2n) is 9.13. The molecule has 3 atom stereocenters. The number of aliphatic carboxylic acids is 1. The van der Waals surface area contributed by atoms with Crippen molar-refractivity contribution in [3.63, 3.8) is 0 Å². The van der Waals surface area contributed by atoms with E-state index in [1.165, 1.54) is 45.1 Å². The largest absolute Gasteiger partial charge is 0.479 e. The molecule has 0 spiro atoms. The number of hydrogen-bond acceptors (Lipinski definition) is 4. The van der Waals surface area contributed by atoms with Crippen molar-refractivity contribution in [1.82, 2.24) is 4.98 Å². The van der Waals surface area contributed by atoms with Gasteiger partial charge in [0.2, 0.25) is 0 Å². The molecule has 0 aliphatic heterocycles. The summed E-state index contributed by atoms with van der Waals surface area (Å²) in [6, 6.07) is 0.764. The topological polar surface area (TPSA) is 96.4 Å². The molecule has 5 nitrogen and oxygen atoms in total. The maximum atomic E-state index is 14.0. The van der Waals surface area contributed by atoms with Gasteiger partial charge in [0, 0.05) is 24.4 Å². The fourth-order valence-corrected chi connectivity index (χ4v) is 4.24. The van der Waals surface area contributed by atoms with Gasteiger partial charge >= 0.3 is 5.97 Å². The lowest BCUT2D eigenvalue weighted by molar-refractivity contribution is -0.161. The monoisotopic (exact) mass is 378 g/mol. The summed E-state index contributed by atoms with van der Waals surface area (Å²) in [6.07, 6.45) is 8.21. The molecular weight excluding hydrogens is 347 g/mol. The third-order valence-corrected chi connectivity index (χ3v) is 6.05. The highest BCUT2D eigenvalue weighted by Crippen LogP contribution is 2.39. The molecule has 0 saturated heterocycles. The average molecular weight is 378 g/mol. The summed E-state index contributed by atoms with van der Waals surface area (Å²) in [5.41, 5.74) is 4.86. The fourth-order valence-electron chi connectivity index (χ4n) is 4.24. The van der Waals surface area contributed by atoms with Crippen LogP contribution in [0.4, 0.5) is 4.39 Å². The van der Waals surface area contributed by atoms with Crippen molar-refractivity contribution in [3.05, 3.63) is 29.1 Å². The van der Waals surface area contributed by atoms with Crippen LogP contribution in [0.5, 0.6) is 0 Å². The normalized spacial score (nSPS) is 22.9. The van der Waals surface area contributed by atoms with Gasteiger partial charge in [0.1, 0.15) is 5.67 Å². The molecule has 1 heterocycles. The quantitative estimate of drug-likeness (QED) is 0.614. The molecule has 1 fully saturated rings. The molecule has 6 heteroatoms. The Labute approximate surface area is 160 Å². The maximum absolute atomic E-state index is 14.0. The molecule has 3 rings (SSSR count). The van der Waals surface area contributed by atoms with Crippen LogP contribution in [0.15, 0.2) is 12.3 Å². The molecular formula is C21H31FN2O3. The van der Waals surface area contributed by atoms with Gasteiger partial charge in [0.15, 0.2) is 5.60 Å². The highest BCUT2D eigenvalue weighted by molar-refractivity contribution is 5.78. The summed E-state index contributed by atoms with van der Waals surface area (Å²) >= 11 is 0. The molecule has 1 saturated carbocycles. The van der Waals surface area contributed by atoms with Gasteiger partial charge in [-0.25, -0.2) is 9.18 Å². The van der Waals surface area contributed by atoms with Crippen molar-refractivity contribution in [2.75, 3.05) is 0 Å². The lowest BCUT2D eigenvalue weighted by Gasteiger charge is -2.32. The summed E-state index contributed by atoms with van der Waals surface area (Å²) in [6.45, 7) is 2.66. The van der Waals surface area contributed by atoms with Crippen LogP contribution in [0.25, 0.3) is 0 Å². The first-order valence-electron chi connectivity index (χ1n) is 9.94. The van der Waals surface area contributed by atoms with E-state index in [0.717, 1.165) is 24.3 Å². The molecule has 0 aromatic carbocycles. The molecule has 0 bridgehead atoms. The van der Waals surface area contributed by atoms with Crippen LogP contribution in [-0.4, -0.2) is 38.5 Å². The van der Waals surface area contributed by atoms with Crippen LogP contribution < -0.4 is 5.73 Å². The number of aliphatic hydroxyl groups is 1. The van der Waals surface area contributed by atoms with Crippen molar-refractivity contribution in [2.45, 2.75) is 82.5 Å². The summed E-state index contributed by atoms with van der Waals surface area (Å²) in [5.74, 6) is 0.0207. The van der Waals surface area contributed by atoms with Crippen LogP contribution in [-0.2, 0) is 24.1 Å². The van der Waals surface area contributed by atoms with E-state index in [2.05, 4.69) is 4.98 Å². The van der Waals surface area contributed by atoms with Crippen molar-refractivity contribution < 1.29 is 19.4 Å². The van der Waals surface area contributed by atoms with Crippen molar-refractivity contribution in [2.24, 2.45) is 17.6 Å². The predicted molar refractivity (Wildman–Crippen MR) is 101 cm³/mol. The molecule has 0 unspecified atom stereocenters. The number of halogens is 1. The van der Waals surface area contributed by atoms with Crippen LogP contribution >= 0.6 is 0 Å². The van der Waals surface area contributed by atoms with Gasteiger partial charge in [-0.05, 0) is 68.6 Å². The Morgan fingerprint density at radius 3 is 2.59 bits per heavy atom. The Morgan fingerprint density at radius 2 is 2.00 bits per heavy atom. The first-order valence-corrected chi connectivity index (χ1v) is 9.94. The highest BCUT2D eigenvalue weighted by atomic mass is 19.1. The molecule has 0 radical (unpaired) electrons. The zero-order chi connectivity index (χ0) is 19.8. The molecule has 0 amide bonds. The van der Waals surface area contributed by atoms with Crippen LogP contribution in [0.3, 0.4) is 0 Å². The van der Waals surface area contributed by atoms with E-state index in [1.54, 1.807) is 6.20 Å². The number of pyridine rings is 1. The number of rotatable bonds is 9. The van der Waals surface area contributed by atoms with Gasteiger partial charge in [-0.3, -0.25) is 4.98 Å². The smallest absolute Gasteiger partial charge is 0.337 e. The standard InChI is InChI=1S/C21H31FN2O3/c1-20(2,22)12-18(23)21(27,19(25)26)11-17-16-10-14(6-5-13-3-4-13)9-15(16)7-8-24-17/h7-8,13-14,18,27H,3-6,9-12,23H2,1-2H3,(H,25,26)/t14-,18+,21-/m1/s1. The van der Waals surface area contributed by atoms with Crippen LogP contribution in [0, 0.1) is 11.8 Å². The molecule has 2 aliphatic carbocycles. The number of hydrogen-bond donors (Lipinski definition) is 3. The van der Waals surface area contributed by atoms with Crippen molar-refractivity contribution in [3.8, 4) is 0 Å². The van der Waals surface area contributed by atoms with Crippen molar-refractivity contribution in [1.29, 1.82) is 0 Å². The molecule has 4 N–H and O–H groups in total. The number of carbonyl (C=O) groups is 1. The first kappa shape index (κ1) is 20.2. The highest BCUT2D eigenvalue weighted by Gasteiger charge is 2.45. The molecule has 1 aromatic heterocycles. The average Bonchev–Trinajstić information content (AvgIpc) is 3.29. The number of alkyl halides is 1. The first-order chi connectivity index (χ1) is 12.6. The molecule has 27 heavy (non-hydrogen) atoms. The minimum Gasteiger partial charge on any atom is -0.479 e. The number of aromatic nitrogens is 1. The van der Waals surface area contributed by atoms with E-state index in [1.807, 2.05) is 6.07 Å². The minimum atomic E-state index is -2.24. The fraction of sp³-hybridized carbons (Fsp3) is 0.714. The number of nitrogens with two attached hydrogens (primary N) is 1. The van der Waals surface area contributed by atoms with Gasteiger partial charge in [-0.1, -0.05) is 19.3 Å². The SMILES string of the molecule is CC(C)(F)C[C@H](N)[C@](O)(Cc1nccc2c1C[C@H](CCC1CC1)C2)C(=O)O. The lowest BCUT2D eigenvalue weighted by atomic mass is 9.83. The van der Waals surface area contributed by atoms with E-state index < -0.39 is 23.3 Å². The predicted octanol–water partition coefficient (Wildman–Crippen LogP) is 2.81. The zero-order valence-electron chi connectivity index (χ0n) is 16.2. The molecule has 1 aromatic rings. The second kappa shape index (κ2) is 7.47. The van der Waals surface area contributed by atoms with Gasteiger partial charge in [0.05, 0.1) is 0 Å². The van der Waals surface area contributed by atoms with E-state index >= 15 is 0 Å². The second-order valence-corrected chi connectivity index (χ2v) is 9.13. The van der Waals surface area contributed by atoms with Gasteiger partial charge in [0.25, 0.3) is 0 Å². The summed E-state index contributed by atoms with van der Waals surface area (Å²) in [7, 11) is 0. The summed E-state index contributed by atoms with van der Waals surface area (Å²) in [4.78, 5) is 16.2. The van der Waals surface area contributed by atoms with E-state index in [0.29, 0.717) is 11.6 Å². The summed E-state index contributed by atoms with van der Waals surface area (Å²) < 4.78 is 14.0. The number of carboxylic acid groups (broad SMARTS) is 1. The maximum Gasteiger partial charge on any atom is 0.337 e. The van der Waals surface area contributed by atoms with E-state index in [-0.39, 0.29) is 12.8 Å². The van der Waals surface area contributed by atoms with Crippen LogP contribution in [0.2, 0.25) is 0 Å². The Balaban J connectivity index is 1.76. The Kier molecular flexibility index (Phi) is 5.59. The Morgan fingerprint density at radius 1 is 1.33 bits per heavy atom. The molecule has 150 valence electrons. The summed E-state index contributed by atoms with van der Waals surface area (Å²) in [5, 5.41) is 20.5. The number of carboxylic acids is 1. The Hall–Kier alpha value is -1.53. The van der Waals surface area contributed by atoms with Crippen LogP contribution in [0.1, 0.15) is 62.8 Å². The number of fused-ring (bicyclic) bond motifs is 1. The Bertz CT molecular complexity index is 699. The van der Waals surface area contributed by atoms with Gasteiger partial charge in [-0.2, -0.15) is 0 Å². The third-order valence-electron chi connectivity index (χ3n) is 6.05. The lowest BCUT2D eigenvalue weighted by Crippen LogP contribution is -2.57.